The third kappa shape index (κ3) is 4.96. The zero-order valence-electron chi connectivity index (χ0n) is 18.6. The van der Waals surface area contributed by atoms with Crippen LogP contribution >= 0.6 is 0 Å². The molecule has 1 atom stereocenters. The van der Waals surface area contributed by atoms with E-state index in [-0.39, 0.29) is 23.8 Å². The molecule has 1 saturated heterocycles. The summed E-state index contributed by atoms with van der Waals surface area (Å²) < 4.78 is 0. The van der Waals surface area contributed by atoms with Crippen LogP contribution in [0.3, 0.4) is 0 Å². The number of fused-ring (bicyclic) bond motifs is 1. The van der Waals surface area contributed by atoms with Crippen molar-refractivity contribution in [2.75, 3.05) is 26.2 Å². The van der Waals surface area contributed by atoms with Gasteiger partial charge in [-0.05, 0) is 36.5 Å². The second-order valence-corrected chi connectivity index (χ2v) is 8.49. The number of likely N-dealkylation sites (tertiary alicyclic amines) is 1. The molecule has 0 saturated carbocycles. The summed E-state index contributed by atoms with van der Waals surface area (Å²) in [6.07, 6.45) is 4.42. The first-order valence-corrected chi connectivity index (χ1v) is 11.6. The van der Waals surface area contributed by atoms with Gasteiger partial charge in [0.15, 0.2) is 0 Å². The van der Waals surface area contributed by atoms with Gasteiger partial charge in [-0.25, -0.2) is 4.79 Å². The van der Waals surface area contributed by atoms with Crippen LogP contribution in [0.4, 0.5) is 4.79 Å². The quantitative estimate of drug-likeness (QED) is 0.522. The van der Waals surface area contributed by atoms with Gasteiger partial charge in [0.1, 0.15) is 0 Å². The molecule has 3 amide bonds. The summed E-state index contributed by atoms with van der Waals surface area (Å²) in [5, 5.41) is 7.30. The maximum absolute atomic E-state index is 12.9. The van der Waals surface area contributed by atoms with E-state index in [2.05, 4.69) is 46.1 Å². The van der Waals surface area contributed by atoms with Crippen molar-refractivity contribution in [2.24, 2.45) is 5.92 Å². The highest BCUT2D eigenvalue weighted by molar-refractivity contribution is 5.84. The standard InChI is InChI=1S/C26H32N4O2/c1-2-14-27-25(31)20-12-15-30(16-13-20)26(32)29-17-22(19-8-4-3-5-9-19)23-18-28-24-11-7-6-10-21(23)24/h3-11,18,20,22,28H,2,12-17H2,1H3,(H,27,31)(H,29,32). The molecule has 3 N–H and O–H groups in total. The van der Waals surface area contributed by atoms with E-state index in [4.69, 9.17) is 0 Å². The summed E-state index contributed by atoms with van der Waals surface area (Å²) in [6, 6.07) is 18.5. The Bertz CT molecular complexity index is 1040. The van der Waals surface area contributed by atoms with Crippen LogP contribution in [0, 0.1) is 5.92 Å². The number of para-hydroxylation sites is 1. The predicted octanol–water partition coefficient (Wildman–Crippen LogP) is 4.25. The molecule has 6 heteroatoms. The lowest BCUT2D eigenvalue weighted by Gasteiger charge is -2.32. The molecular weight excluding hydrogens is 400 g/mol. The molecular formula is C26H32N4O2. The lowest BCUT2D eigenvalue weighted by atomic mass is 9.91. The van der Waals surface area contributed by atoms with Crippen LogP contribution in [0.2, 0.25) is 0 Å². The molecule has 6 nitrogen and oxygen atoms in total. The summed E-state index contributed by atoms with van der Waals surface area (Å²) in [4.78, 5) is 30.3. The third-order valence-electron chi connectivity index (χ3n) is 6.36. The number of urea groups is 1. The van der Waals surface area contributed by atoms with Crippen molar-refractivity contribution >= 4 is 22.8 Å². The number of aromatic amines is 1. The zero-order valence-corrected chi connectivity index (χ0v) is 18.6. The molecule has 1 aromatic heterocycles. The number of nitrogens with zero attached hydrogens (tertiary/aromatic N) is 1. The van der Waals surface area contributed by atoms with Crippen LogP contribution in [0.25, 0.3) is 10.9 Å². The number of aromatic nitrogens is 1. The van der Waals surface area contributed by atoms with Crippen LogP contribution in [0.5, 0.6) is 0 Å². The molecule has 168 valence electrons. The Morgan fingerprint density at radius 1 is 1.03 bits per heavy atom. The van der Waals surface area contributed by atoms with Crippen molar-refractivity contribution in [1.29, 1.82) is 0 Å². The number of rotatable bonds is 7. The van der Waals surface area contributed by atoms with Crippen molar-refractivity contribution in [3.8, 4) is 0 Å². The van der Waals surface area contributed by atoms with Gasteiger partial charge in [-0.1, -0.05) is 55.5 Å². The van der Waals surface area contributed by atoms with Gasteiger partial charge in [-0.15, -0.1) is 0 Å². The molecule has 3 aromatic rings. The van der Waals surface area contributed by atoms with Crippen LogP contribution in [0.15, 0.2) is 60.8 Å². The molecule has 0 bridgehead atoms. The number of hydrogen-bond donors (Lipinski definition) is 3. The normalized spacial score (nSPS) is 15.5. The summed E-state index contributed by atoms with van der Waals surface area (Å²) in [5.41, 5.74) is 3.44. The van der Waals surface area contributed by atoms with Crippen molar-refractivity contribution in [2.45, 2.75) is 32.1 Å². The Morgan fingerprint density at radius 2 is 1.75 bits per heavy atom. The van der Waals surface area contributed by atoms with E-state index in [1.807, 2.05) is 42.2 Å². The summed E-state index contributed by atoms with van der Waals surface area (Å²) in [5.74, 6) is 0.179. The minimum Gasteiger partial charge on any atom is -0.361 e. The summed E-state index contributed by atoms with van der Waals surface area (Å²) in [6.45, 7) is 4.50. The average molecular weight is 433 g/mol. The molecule has 0 spiro atoms. The highest BCUT2D eigenvalue weighted by atomic mass is 16.2. The van der Waals surface area contributed by atoms with Gasteiger partial charge in [0, 0.05) is 55.1 Å². The van der Waals surface area contributed by atoms with Crippen LogP contribution in [-0.4, -0.2) is 48.0 Å². The van der Waals surface area contributed by atoms with Gasteiger partial charge in [0.25, 0.3) is 0 Å². The van der Waals surface area contributed by atoms with Crippen molar-refractivity contribution < 1.29 is 9.59 Å². The molecule has 2 heterocycles. The minimum absolute atomic E-state index is 0.00823. The van der Waals surface area contributed by atoms with Gasteiger partial charge in [0.05, 0.1) is 0 Å². The maximum Gasteiger partial charge on any atom is 0.317 e. The van der Waals surface area contributed by atoms with E-state index in [1.165, 1.54) is 16.5 Å². The van der Waals surface area contributed by atoms with Crippen molar-refractivity contribution in [3.63, 3.8) is 0 Å². The fourth-order valence-electron chi connectivity index (χ4n) is 4.51. The largest absolute Gasteiger partial charge is 0.361 e. The lowest BCUT2D eigenvalue weighted by molar-refractivity contribution is -0.126. The molecule has 0 aliphatic carbocycles. The van der Waals surface area contributed by atoms with E-state index in [1.54, 1.807) is 0 Å². The zero-order chi connectivity index (χ0) is 22.3. The van der Waals surface area contributed by atoms with Crippen LogP contribution < -0.4 is 10.6 Å². The van der Waals surface area contributed by atoms with Gasteiger partial charge in [0.2, 0.25) is 5.91 Å². The Kier molecular flexibility index (Phi) is 7.10. The topological polar surface area (TPSA) is 77.2 Å². The second-order valence-electron chi connectivity index (χ2n) is 8.49. The number of piperidine rings is 1. The van der Waals surface area contributed by atoms with E-state index < -0.39 is 0 Å². The average Bonchev–Trinajstić information content (AvgIpc) is 3.27. The first kappa shape index (κ1) is 21.9. The SMILES string of the molecule is CCCNC(=O)C1CCN(C(=O)NCC(c2ccccc2)c2c[nH]c3ccccc23)CC1. The predicted molar refractivity (Wildman–Crippen MR) is 128 cm³/mol. The van der Waals surface area contributed by atoms with Crippen LogP contribution in [-0.2, 0) is 4.79 Å². The Balaban J connectivity index is 1.41. The first-order valence-electron chi connectivity index (χ1n) is 11.6. The first-order chi connectivity index (χ1) is 15.7. The summed E-state index contributed by atoms with van der Waals surface area (Å²) in [7, 11) is 0. The fraction of sp³-hybridized carbons (Fsp3) is 0.385. The third-order valence-corrected chi connectivity index (χ3v) is 6.36. The fourth-order valence-corrected chi connectivity index (χ4v) is 4.51. The van der Waals surface area contributed by atoms with Crippen molar-refractivity contribution in [1.82, 2.24) is 20.5 Å². The molecule has 4 rings (SSSR count). The maximum atomic E-state index is 12.9. The molecule has 2 aromatic carbocycles. The van der Waals surface area contributed by atoms with E-state index in [0.29, 0.717) is 39.0 Å². The van der Waals surface area contributed by atoms with E-state index in [9.17, 15) is 9.59 Å². The number of benzene rings is 2. The molecule has 1 aliphatic heterocycles. The number of carbonyl (C=O) groups excluding carboxylic acids is 2. The van der Waals surface area contributed by atoms with Gasteiger partial charge < -0.3 is 20.5 Å². The Morgan fingerprint density at radius 3 is 2.50 bits per heavy atom. The molecule has 32 heavy (non-hydrogen) atoms. The highest BCUT2D eigenvalue weighted by Gasteiger charge is 2.28. The number of carbonyl (C=O) groups is 2. The van der Waals surface area contributed by atoms with E-state index >= 15 is 0 Å². The smallest absolute Gasteiger partial charge is 0.317 e. The highest BCUT2D eigenvalue weighted by Crippen LogP contribution is 2.30. The summed E-state index contributed by atoms with van der Waals surface area (Å²) >= 11 is 0. The van der Waals surface area contributed by atoms with Gasteiger partial charge in [-0.2, -0.15) is 0 Å². The Labute approximate surface area is 189 Å². The lowest BCUT2D eigenvalue weighted by Crippen LogP contribution is -2.47. The molecule has 1 unspecified atom stereocenters. The monoisotopic (exact) mass is 432 g/mol. The van der Waals surface area contributed by atoms with Gasteiger partial charge in [-0.3, -0.25) is 4.79 Å². The molecule has 1 fully saturated rings. The number of hydrogen-bond acceptors (Lipinski definition) is 2. The molecule has 0 radical (unpaired) electrons. The second kappa shape index (κ2) is 10.4. The number of nitrogens with one attached hydrogen (secondary N) is 3. The van der Waals surface area contributed by atoms with Crippen molar-refractivity contribution in [3.05, 3.63) is 71.9 Å². The minimum atomic E-state index is -0.0572. The van der Waals surface area contributed by atoms with Gasteiger partial charge >= 0.3 is 6.03 Å². The Hall–Kier alpha value is -3.28. The number of amides is 3. The van der Waals surface area contributed by atoms with E-state index in [0.717, 1.165) is 11.9 Å². The number of H-pyrrole nitrogens is 1. The van der Waals surface area contributed by atoms with Crippen LogP contribution in [0.1, 0.15) is 43.2 Å². The molecule has 1 aliphatic rings.